The Morgan fingerprint density at radius 1 is 1.50 bits per heavy atom. The summed E-state index contributed by atoms with van der Waals surface area (Å²) in [5.41, 5.74) is 0.477. The predicted molar refractivity (Wildman–Crippen MR) is 83.5 cm³/mol. The predicted octanol–water partition coefficient (Wildman–Crippen LogP) is 2.91. The third kappa shape index (κ3) is 3.61. The van der Waals surface area contributed by atoms with Crippen molar-refractivity contribution in [3.05, 3.63) is 17.7 Å². The average molecular weight is 309 g/mol. The number of aryl methyl sites for hydroxylation is 1. The van der Waals surface area contributed by atoms with E-state index in [-0.39, 0.29) is 24.0 Å². The SMILES string of the molecule is COCC1CN(C(=O)OC(C)(C)C)C(c2ncc(C)[nH]2)C1C. The van der Waals surface area contributed by atoms with E-state index < -0.39 is 5.60 Å². The monoisotopic (exact) mass is 309 g/mol. The number of aromatic amines is 1. The van der Waals surface area contributed by atoms with Crippen LogP contribution in [-0.4, -0.2) is 46.8 Å². The highest BCUT2D eigenvalue weighted by atomic mass is 16.6. The number of rotatable bonds is 3. The highest BCUT2D eigenvalue weighted by Gasteiger charge is 2.45. The molecule has 0 radical (unpaired) electrons. The molecule has 3 unspecified atom stereocenters. The first-order chi connectivity index (χ1) is 10.2. The van der Waals surface area contributed by atoms with Crippen molar-refractivity contribution < 1.29 is 14.3 Å². The first-order valence-electron chi connectivity index (χ1n) is 7.73. The van der Waals surface area contributed by atoms with Gasteiger partial charge in [0.1, 0.15) is 11.4 Å². The molecule has 1 aromatic rings. The zero-order valence-electron chi connectivity index (χ0n) is 14.3. The number of carbonyl (C=O) groups excluding carboxylic acids is 1. The maximum Gasteiger partial charge on any atom is 0.410 e. The summed E-state index contributed by atoms with van der Waals surface area (Å²) in [6.45, 7) is 11.0. The molecule has 124 valence electrons. The number of nitrogens with zero attached hydrogens (tertiary/aromatic N) is 2. The van der Waals surface area contributed by atoms with Gasteiger partial charge in [-0.1, -0.05) is 6.92 Å². The van der Waals surface area contributed by atoms with Gasteiger partial charge in [-0.15, -0.1) is 0 Å². The number of aromatic nitrogens is 2. The van der Waals surface area contributed by atoms with Gasteiger partial charge in [0.05, 0.1) is 12.6 Å². The molecule has 1 fully saturated rings. The van der Waals surface area contributed by atoms with Crippen molar-refractivity contribution in [2.75, 3.05) is 20.3 Å². The van der Waals surface area contributed by atoms with E-state index in [1.807, 2.05) is 27.7 Å². The normalized spacial score (nSPS) is 25.5. The minimum Gasteiger partial charge on any atom is -0.444 e. The first-order valence-corrected chi connectivity index (χ1v) is 7.73. The van der Waals surface area contributed by atoms with Gasteiger partial charge >= 0.3 is 6.09 Å². The van der Waals surface area contributed by atoms with Crippen LogP contribution in [0.25, 0.3) is 0 Å². The number of likely N-dealkylation sites (tertiary alicyclic amines) is 1. The van der Waals surface area contributed by atoms with Gasteiger partial charge in [0.15, 0.2) is 0 Å². The average Bonchev–Trinajstić information content (AvgIpc) is 2.93. The fourth-order valence-electron chi connectivity index (χ4n) is 2.98. The topological polar surface area (TPSA) is 67.4 Å². The van der Waals surface area contributed by atoms with Crippen molar-refractivity contribution in [1.29, 1.82) is 0 Å². The van der Waals surface area contributed by atoms with Crippen LogP contribution in [0.2, 0.25) is 0 Å². The molecule has 0 aromatic carbocycles. The Morgan fingerprint density at radius 2 is 2.18 bits per heavy atom. The number of carbonyl (C=O) groups is 1. The van der Waals surface area contributed by atoms with Crippen molar-refractivity contribution in [2.45, 2.75) is 46.3 Å². The molecule has 0 aliphatic carbocycles. The van der Waals surface area contributed by atoms with Gasteiger partial charge in [-0.25, -0.2) is 9.78 Å². The zero-order valence-corrected chi connectivity index (χ0v) is 14.3. The fourth-order valence-corrected chi connectivity index (χ4v) is 2.98. The van der Waals surface area contributed by atoms with Crippen LogP contribution in [0.1, 0.15) is 45.3 Å². The molecule has 3 atom stereocenters. The number of nitrogens with one attached hydrogen (secondary N) is 1. The molecule has 1 aromatic heterocycles. The summed E-state index contributed by atoms with van der Waals surface area (Å²) in [5.74, 6) is 1.33. The third-order valence-corrected chi connectivity index (χ3v) is 4.02. The Hall–Kier alpha value is -1.56. The minimum atomic E-state index is -0.511. The molecule has 6 heteroatoms. The number of amides is 1. The second-order valence-electron chi connectivity index (χ2n) is 7.10. The second kappa shape index (κ2) is 6.28. The molecule has 22 heavy (non-hydrogen) atoms. The number of ether oxygens (including phenoxy) is 2. The van der Waals surface area contributed by atoms with Crippen molar-refractivity contribution in [3.8, 4) is 0 Å². The summed E-state index contributed by atoms with van der Waals surface area (Å²) in [4.78, 5) is 22.0. The highest BCUT2D eigenvalue weighted by Crippen LogP contribution is 2.40. The van der Waals surface area contributed by atoms with Gasteiger partial charge in [-0.2, -0.15) is 0 Å². The van der Waals surface area contributed by atoms with Gasteiger partial charge < -0.3 is 14.5 Å². The molecular weight excluding hydrogens is 282 g/mol. The van der Waals surface area contributed by atoms with Gasteiger partial charge in [-0.3, -0.25) is 4.90 Å². The van der Waals surface area contributed by atoms with Gasteiger partial charge in [0.2, 0.25) is 0 Å². The van der Waals surface area contributed by atoms with Crippen molar-refractivity contribution in [2.24, 2.45) is 11.8 Å². The maximum atomic E-state index is 12.6. The van der Waals surface area contributed by atoms with E-state index in [2.05, 4.69) is 16.9 Å². The Balaban J connectivity index is 2.26. The van der Waals surface area contributed by atoms with Crippen molar-refractivity contribution in [3.63, 3.8) is 0 Å². The molecule has 2 heterocycles. The van der Waals surface area contributed by atoms with Crippen LogP contribution in [0.4, 0.5) is 4.79 Å². The molecule has 0 spiro atoms. The Labute approximate surface area is 132 Å². The van der Waals surface area contributed by atoms with E-state index >= 15 is 0 Å². The Kier molecular flexibility index (Phi) is 4.80. The van der Waals surface area contributed by atoms with Crippen LogP contribution in [0.3, 0.4) is 0 Å². The molecular formula is C16H27N3O3. The highest BCUT2D eigenvalue weighted by molar-refractivity contribution is 5.69. The number of hydrogen-bond acceptors (Lipinski definition) is 4. The van der Waals surface area contributed by atoms with E-state index in [0.717, 1.165) is 11.5 Å². The largest absolute Gasteiger partial charge is 0.444 e. The van der Waals surface area contributed by atoms with Gasteiger partial charge in [0.25, 0.3) is 0 Å². The van der Waals surface area contributed by atoms with Gasteiger partial charge in [0, 0.05) is 31.5 Å². The van der Waals surface area contributed by atoms with E-state index in [1.165, 1.54) is 0 Å². The van der Waals surface area contributed by atoms with Crippen LogP contribution in [0, 0.1) is 18.8 Å². The summed E-state index contributed by atoms with van der Waals surface area (Å²) in [5, 5.41) is 0. The van der Waals surface area contributed by atoms with Crippen LogP contribution in [-0.2, 0) is 9.47 Å². The Morgan fingerprint density at radius 3 is 2.68 bits per heavy atom. The molecule has 1 aliphatic heterocycles. The van der Waals surface area contributed by atoms with Crippen molar-refractivity contribution in [1.82, 2.24) is 14.9 Å². The number of H-pyrrole nitrogens is 1. The molecule has 6 nitrogen and oxygen atoms in total. The molecule has 1 aliphatic rings. The molecule has 1 N–H and O–H groups in total. The van der Waals surface area contributed by atoms with E-state index in [9.17, 15) is 4.79 Å². The lowest BCUT2D eigenvalue weighted by Gasteiger charge is -2.28. The molecule has 2 rings (SSSR count). The standard InChI is InChI=1S/C16H27N3O3/c1-10-7-17-14(18-10)13-11(2)12(9-21-6)8-19(13)15(20)22-16(3,4)5/h7,11-13H,8-9H2,1-6H3,(H,17,18). The van der Waals surface area contributed by atoms with E-state index in [4.69, 9.17) is 9.47 Å². The van der Waals surface area contributed by atoms with Crippen LogP contribution >= 0.6 is 0 Å². The van der Waals surface area contributed by atoms with E-state index in [0.29, 0.717) is 13.2 Å². The number of hydrogen-bond donors (Lipinski definition) is 1. The maximum absolute atomic E-state index is 12.6. The van der Waals surface area contributed by atoms with Crippen molar-refractivity contribution >= 4 is 6.09 Å². The summed E-state index contributed by atoms with van der Waals surface area (Å²) < 4.78 is 10.9. The molecule has 0 bridgehead atoms. The summed E-state index contributed by atoms with van der Waals surface area (Å²) in [6, 6.07) is -0.108. The number of methoxy groups -OCH3 is 1. The summed E-state index contributed by atoms with van der Waals surface area (Å²) in [6.07, 6.45) is 1.50. The number of imidazole rings is 1. The van der Waals surface area contributed by atoms with E-state index in [1.54, 1.807) is 18.2 Å². The van der Waals surface area contributed by atoms with Gasteiger partial charge in [-0.05, 0) is 33.6 Å². The lowest BCUT2D eigenvalue weighted by molar-refractivity contribution is 0.0197. The quantitative estimate of drug-likeness (QED) is 0.932. The minimum absolute atomic E-state index is 0.108. The third-order valence-electron chi connectivity index (χ3n) is 4.02. The second-order valence-corrected chi connectivity index (χ2v) is 7.10. The van der Waals surface area contributed by atoms with Crippen LogP contribution < -0.4 is 0 Å². The molecule has 0 saturated carbocycles. The van der Waals surface area contributed by atoms with Crippen LogP contribution in [0.5, 0.6) is 0 Å². The summed E-state index contributed by atoms with van der Waals surface area (Å²) in [7, 11) is 1.69. The molecule has 1 amide bonds. The fraction of sp³-hybridized carbons (Fsp3) is 0.750. The first kappa shape index (κ1) is 16.8. The smallest absolute Gasteiger partial charge is 0.410 e. The lowest BCUT2D eigenvalue weighted by Crippen LogP contribution is -2.37. The van der Waals surface area contributed by atoms with Crippen LogP contribution in [0.15, 0.2) is 6.20 Å². The zero-order chi connectivity index (χ0) is 16.5. The lowest BCUT2D eigenvalue weighted by atomic mass is 9.93. The molecule has 1 saturated heterocycles. The summed E-state index contributed by atoms with van der Waals surface area (Å²) >= 11 is 0. The Bertz CT molecular complexity index is 521.